The van der Waals surface area contributed by atoms with Crippen LogP contribution in [0.15, 0.2) is 0 Å². The number of aromatic nitrogens is 1. The number of hydrogen-bond donors (Lipinski definition) is 3. The molecule has 132 valence electrons. The fourth-order valence-electron chi connectivity index (χ4n) is 4.13. The van der Waals surface area contributed by atoms with Crippen molar-refractivity contribution in [3.05, 3.63) is 10.6 Å². The Kier molecular flexibility index (Phi) is 4.35. The molecule has 0 aromatic carbocycles. The van der Waals surface area contributed by atoms with Gasteiger partial charge in [-0.2, -0.15) is 0 Å². The molecule has 8 heteroatoms. The molecule has 1 atom stereocenters. The number of nitrogens with one attached hydrogen (secondary N) is 2. The van der Waals surface area contributed by atoms with Crippen LogP contribution in [0.2, 0.25) is 0 Å². The minimum atomic E-state index is -0.577. The van der Waals surface area contributed by atoms with Gasteiger partial charge in [-0.3, -0.25) is 0 Å². The predicted octanol–water partition coefficient (Wildman–Crippen LogP) is 0.560. The number of thiazole rings is 1. The first-order valence-electron chi connectivity index (χ1n) is 8.60. The quantitative estimate of drug-likeness (QED) is 0.539. The summed E-state index contributed by atoms with van der Waals surface area (Å²) in [6.07, 6.45) is 7.13. The zero-order valence-corrected chi connectivity index (χ0v) is 14.9. The van der Waals surface area contributed by atoms with Gasteiger partial charge in [0.25, 0.3) is 0 Å². The normalized spacial score (nSPS) is 34.7. The molecule has 4 heterocycles. The van der Waals surface area contributed by atoms with Crippen LogP contribution in [0, 0.1) is 5.92 Å². The van der Waals surface area contributed by atoms with Crippen LogP contribution >= 0.6 is 23.6 Å². The average Bonchev–Trinajstić information content (AvgIpc) is 2.95. The smallest absolute Gasteiger partial charge is 0.189 e. The van der Waals surface area contributed by atoms with E-state index in [-0.39, 0.29) is 7.98 Å². The van der Waals surface area contributed by atoms with Crippen molar-refractivity contribution < 1.29 is 9.50 Å². The van der Waals surface area contributed by atoms with Crippen LogP contribution < -0.4 is 10.6 Å². The summed E-state index contributed by atoms with van der Waals surface area (Å²) in [5.41, 5.74) is 0.672. The van der Waals surface area contributed by atoms with Crippen LogP contribution in [-0.2, 0) is 12.8 Å². The summed E-state index contributed by atoms with van der Waals surface area (Å²) < 4.78 is 1.24. The minimum absolute atomic E-state index is 0.216. The van der Waals surface area contributed by atoms with E-state index in [2.05, 4.69) is 15.6 Å². The van der Waals surface area contributed by atoms with E-state index in [0.717, 1.165) is 24.5 Å². The maximum absolute atomic E-state index is 11.1. The Morgan fingerprint density at radius 2 is 2.12 bits per heavy atom. The molecular weight excluding hydrogens is 339 g/mol. The van der Waals surface area contributed by atoms with E-state index >= 15 is 0 Å². The van der Waals surface area contributed by atoms with Crippen molar-refractivity contribution >= 4 is 41.8 Å². The van der Waals surface area contributed by atoms with Crippen LogP contribution in [0.3, 0.4) is 0 Å². The van der Waals surface area contributed by atoms with Gasteiger partial charge in [0.1, 0.15) is 5.60 Å². The van der Waals surface area contributed by atoms with Crippen LogP contribution in [0.4, 0.5) is 5.13 Å². The van der Waals surface area contributed by atoms with E-state index in [9.17, 15) is 5.11 Å². The van der Waals surface area contributed by atoms with E-state index in [1.807, 2.05) is 0 Å². The Hall–Kier alpha value is -0.695. The van der Waals surface area contributed by atoms with Crippen LogP contribution in [0.5, 0.6) is 0 Å². The number of piperidine rings is 3. The predicted molar refractivity (Wildman–Crippen MR) is 105 cm³/mol. The molecule has 5 rings (SSSR count). The van der Waals surface area contributed by atoms with Crippen LogP contribution in [0.1, 0.15) is 36.3 Å². The number of fused-ring (bicyclic) bond motifs is 4. The number of hydrogen-bond acceptors (Lipinski definition) is 4. The van der Waals surface area contributed by atoms with E-state index in [1.165, 1.54) is 53.7 Å². The summed E-state index contributed by atoms with van der Waals surface area (Å²) in [7, 11) is 0.216. The van der Waals surface area contributed by atoms with Gasteiger partial charge in [0.15, 0.2) is 18.2 Å². The summed E-state index contributed by atoms with van der Waals surface area (Å²) in [5.74, 6) is 0.443. The molecule has 4 aliphatic rings. The molecule has 0 saturated carbocycles. The molecule has 3 fully saturated rings. The summed E-state index contributed by atoms with van der Waals surface area (Å²) in [6.45, 7) is 4.13. The monoisotopic (exact) mass is 366 g/mol. The average molecular weight is 366 g/mol. The Morgan fingerprint density at radius 3 is 2.83 bits per heavy atom. The molecule has 24 heavy (non-hydrogen) atoms. The molecule has 0 spiro atoms. The molecule has 1 aromatic rings. The molecule has 0 radical (unpaired) electrons. The number of thiocarbonyl (C=S) groups is 1. The number of nitrogens with zero attached hydrogens (tertiary/aromatic N) is 2. The third-order valence-electron chi connectivity index (χ3n) is 5.47. The van der Waals surface area contributed by atoms with Crippen LogP contribution in [0.25, 0.3) is 0 Å². The summed E-state index contributed by atoms with van der Waals surface area (Å²) >= 11 is 7.18. The largest absolute Gasteiger partial charge is 0.520 e. The molecule has 2 bridgehead atoms. The van der Waals surface area contributed by atoms with Crippen molar-refractivity contribution in [3.8, 4) is 0 Å². The van der Waals surface area contributed by atoms with Gasteiger partial charge in [0.2, 0.25) is 0 Å². The minimum Gasteiger partial charge on any atom is -0.520 e. The molecule has 1 aliphatic carbocycles. The summed E-state index contributed by atoms with van der Waals surface area (Å²) in [6, 6.07) is 0. The lowest BCUT2D eigenvalue weighted by Gasteiger charge is -2.60. The highest BCUT2D eigenvalue weighted by Gasteiger charge is 2.49. The van der Waals surface area contributed by atoms with Gasteiger partial charge in [0.05, 0.1) is 18.8 Å². The highest BCUT2D eigenvalue weighted by molar-refractivity contribution is 7.80. The first kappa shape index (κ1) is 16.8. The van der Waals surface area contributed by atoms with Gasteiger partial charge in [-0.25, -0.2) is 4.98 Å². The maximum Gasteiger partial charge on any atom is 0.189 e. The first-order chi connectivity index (χ1) is 11.5. The lowest BCUT2D eigenvalue weighted by molar-refractivity contribution is -0.846. The van der Waals surface area contributed by atoms with Crippen molar-refractivity contribution in [1.29, 1.82) is 0 Å². The van der Waals surface area contributed by atoms with Crippen molar-refractivity contribution in [2.75, 3.05) is 31.5 Å². The molecule has 3 aliphatic heterocycles. The summed E-state index contributed by atoms with van der Waals surface area (Å²) in [4.78, 5) is 6.09. The topological polar surface area (TPSA) is 57.2 Å². The fraction of sp³-hybridized carbons (Fsp3) is 0.750. The van der Waals surface area contributed by atoms with Crippen molar-refractivity contribution in [3.63, 3.8) is 0 Å². The summed E-state index contributed by atoms with van der Waals surface area (Å²) in [5, 5.41) is 19.1. The number of rotatable bonds is 3. The lowest BCUT2D eigenvalue weighted by Crippen LogP contribution is -2.70. The highest BCUT2D eigenvalue weighted by Crippen LogP contribution is 2.38. The Balaban J connectivity index is 1.34. The van der Waals surface area contributed by atoms with E-state index in [0.29, 0.717) is 17.6 Å². The molecule has 5 nitrogen and oxygen atoms in total. The zero-order valence-electron chi connectivity index (χ0n) is 13.3. The van der Waals surface area contributed by atoms with E-state index in [1.54, 1.807) is 11.3 Å². The van der Waals surface area contributed by atoms with Crippen molar-refractivity contribution in [1.82, 2.24) is 10.3 Å². The maximum atomic E-state index is 11.1. The number of quaternary nitrogens is 1. The van der Waals surface area contributed by atoms with Crippen LogP contribution in [-0.4, -0.2) is 59.4 Å². The molecule has 3 N–H and O–H groups in total. The second-order valence-corrected chi connectivity index (χ2v) is 8.55. The highest BCUT2D eigenvalue weighted by atomic mass is 32.1. The Bertz CT molecular complexity index is 621. The standard InChI is InChI=1S/C16H27BN4OS2/c17-21-7-5-11(6-8-21)16(22,10-21)9-18-14(23)20-15-19-12-3-1-2-4-13(12)24-15/h11,22H,1-10H2,17H3,(H2,18,19,20,23). The second kappa shape index (κ2) is 6.23. The zero-order chi connectivity index (χ0) is 16.8. The lowest BCUT2D eigenvalue weighted by atomic mass is 9.72. The van der Waals surface area contributed by atoms with Gasteiger partial charge in [-0.1, -0.05) is 0 Å². The number of aryl methyl sites for hydroxylation is 2. The molecule has 1 unspecified atom stereocenters. The first-order valence-corrected chi connectivity index (χ1v) is 9.83. The van der Waals surface area contributed by atoms with Gasteiger partial charge in [0, 0.05) is 23.9 Å². The molecular formula is C16H27BN4OS2. The van der Waals surface area contributed by atoms with E-state index in [4.69, 9.17) is 12.2 Å². The van der Waals surface area contributed by atoms with E-state index < -0.39 is 5.60 Å². The number of anilines is 1. The van der Waals surface area contributed by atoms with Crippen molar-refractivity contribution in [2.24, 2.45) is 5.92 Å². The molecule has 0 amide bonds. The van der Waals surface area contributed by atoms with Crippen molar-refractivity contribution in [2.45, 2.75) is 44.1 Å². The van der Waals surface area contributed by atoms with Gasteiger partial charge in [-0.05, 0) is 50.7 Å². The molecule has 3 saturated heterocycles. The Morgan fingerprint density at radius 1 is 1.38 bits per heavy atom. The SMILES string of the molecule is [BH3-][N+]12CCC(CC1)C(O)(CNC(=S)Nc1nc3c(s1)CCCC3)C2. The van der Waals surface area contributed by atoms with Gasteiger partial charge < -0.3 is 20.1 Å². The fourth-order valence-corrected chi connectivity index (χ4v) is 5.41. The third-order valence-corrected chi connectivity index (χ3v) is 6.79. The molecule has 1 aromatic heterocycles. The number of aliphatic hydroxyl groups is 1. The third kappa shape index (κ3) is 3.21. The second-order valence-electron chi connectivity index (χ2n) is 7.06. The van der Waals surface area contributed by atoms with Gasteiger partial charge in [-0.15, -0.1) is 11.3 Å². The Labute approximate surface area is 153 Å². The van der Waals surface area contributed by atoms with Gasteiger partial charge >= 0.3 is 0 Å².